The molecular formula is C14H14N2OS2. The number of hydrogen-bond donors (Lipinski definition) is 1. The van der Waals surface area contributed by atoms with Crippen LogP contribution < -0.4 is 5.32 Å². The van der Waals surface area contributed by atoms with Gasteiger partial charge in [-0.05, 0) is 30.7 Å². The van der Waals surface area contributed by atoms with Gasteiger partial charge in [-0.3, -0.25) is 4.79 Å². The number of thiophene rings is 1. The molecule has 0 radical (unpaired) electrons. The van der Waals surface area contributed by atoms with Crippen LogP contribution in [0, 0.1) is 5.92 Å². The summed E-state index contributed by atoms with van der Waals surface area (Å²) in [5, 5.41) is 7.65. The summed E-state index contributed by atoms with van der Waals surface area (Å²) in [5.74, 6) is 0.190. The number of hydrogen-bond acceptors (Lipinski definition) is 4. The largest absolute Gasteiger partial charge is 0.302 e. The van der Waals surface area contributed by atoms with E-state index >= 15 is 0 Å². The van der Waals surface area contributed by atoms with Crippen molar-refractivity contribution in [3.63, 3.8) is 0 Å². The summed E-state index contributed by atoms with van der Waals surface area (Å²) in [6.45, 7) is 0. The van der Waals surface area contributed by atoms with Gasteiger partial charge in [-0.2, -0.15) is 0 Å². The van der Waals surface area contributed by atoms with Crippen molar-refractivity contribution in [3.8, 4) is 10.6 Å². The Morgan fingerprint density at radius 1 is 1.37 bits per heavy atom. The van der Waals surface area contributed by atoms with Crippen LogP contribution in [0.2, 0.25) is 0 Å². The smallest absolute Gasteiger partial charge is 0.229 e. The fourth-order valence-electron chi connectivity index (χ4n) is 2.11. The SMILES string of the molecule is O=C(Nc1nc(-c2cccs2)cs1)C1CC=CCC1. The number of allylic oxidation sites excluding steroid dienone is 2. The van der Waals surface area contributed by atoms with Crippen molar-refractivity contribution in [2.45, 2.75) is 19.3 Å². The molecule has 0 bridgehead atoms. The second-order valence-corrected chi connectivity index (χ2v) is 6.29. The van der Waals surface area contributed by atoms with E-state index in [0.29, 0.717) is 5.13 Å². The Morgan fingerprint density at radius 3 is 3.05 bits per heavy atom. The lowest BCUT2D eigenvalue weighted by Gasteiger charge is -2.15. The molecule has 2 heterocycles. The second kappa shape index (κ2) is 5.67. The fraction of sp³-hybridized carbons (Fsp3) is 0.286. The highest BCUT2D eigenvalue weighted by Gasteiger charge is 2.19. The molecule has 1 atom stereocenters. The highest BCUT2D eigenvalue weighted by Crippen LogP contribution is 2.29. The zero-order chi connectivity index (χ0) is 13.1. The number of aromatic nitrogens is 1. The molecule has 1 aliphatic carbocycles. The summed E-state index contributed by atoms with van der Waals surface area (Å²) in [7, 11) is 0. The lowest BCUT2D eigenvalue weighted by atomic mass is 9.94. The molecule has 0 aromatic carbocycles. The van der Waals surface area contributed by atoms with Crippen LogP contribution in [0.15, 0.2) is 35.0 Å². The molecule has 3 nitrogen and oxygen atoms in total. The van der Waals surface area contributed by atoms with E-state index in [2.05, 4.69) is 22.5 Å². The van der Waals surface area contributed by atoms with Gasteiger partial charge in [0.2, 0.25) is 5.91 Å². The first-order valence-corrected chi connectivity index (χ1v) is 8.04. The summed E-state index contributed by atoms with van der Waals surface area (Å²) in [6.07, 6.45) is 7.01. The molecule has 0 spiro atoms. The maximum atomic E-state index is 12.1. The summed E-state index contributed by atoms with van der Waals surface area (Å²) >= 11 is 3.14. The van der Waals surface area contributed by atoms with Crippen LogP contribution in [0.25, 0.3) is 10.6 Å². The predicted molar refractivity (Wildman–Crippen MR) is 80.5 cm³/mol. The van der Waals surface area contributed by atoms with Crippen molar-refractivity contribution < 1.29 is 4.79 Å². The highest BCUT2D eigenvalue weighted by atomic mass is 32.1. The average Bonchev–Trinajstić information content (AvgIpc) is 3.10. The lowest BCUT2D eigenvalue weighted by Crippen LogP contribution is -2.23. The van der Waals surface area contributed by atoms with Crippen LogP contribution in [0.3, 0.4) is 0 Å². The van der Waals surface area contributed by atoms with E-state index in [1.165, 1.54) is 11.3 Å². The van der Waals surface area contributed by atoms with Gasteiger partial charge < -0.3 is 5.32 Å². The van der Waals surface area contributed by atoms with Crippen LogP contribution >= 0.6 is 22.7 Å². The maximum Gasteiger partial charge on any atom is 0.229 e. The van der Waals surface area contributed by atoms with Crippen molar-refractivity contribution in [2.75, 3.05) is 5.32 Å². The van der Waals surface area contributed by atoms with E-state index in [9.17, 15) is 4.79 Å². The first-order chi connectivity index (χ1) is 9.33. The quantitative estimate of drug-likeness (QED) is 0.862. The molecule has 3 rings (SSSR count). The molecule has 0 aliphatic heterocycles. The average molecular weight is 290 g/mol. The lowest BCUT2D eigenvalue weighted by molar-refractivity contribution is -0.120. The first-order valence-electron chi connectivity index (χ1n) is 6.28. The Hall–Kier alpha value is -1.46. The van der Waals surface area contributed by atoms with Gasteiger partial charge in [0, 0.05) is 11.3 Å². The third-order valence-corrected chi connectivity index (χ3v) is 4.80. The number of thiazole rings is 1. The van der Waals surface area contributed by atoms with E-state index in [4.69, 9.17) is 0 Å². The standard InChI is InChI=1S/C14H14N2OS2/c17-13(10-5-2-1-3-6-10)16-14-15-11(9-19-14)12-7-4-8-18-12/h1-2,4,7-10H,3,5-6H2,(H,15,16,17). The van der Waals surface area contributed by atoms with E-state index in [-0.39, 0.29) is 11.8 Å². The number of anilines is 1. The van der Waals surface area contributed by atoms with Gasteiger partial charge >= 0.3 is 0 Å². The monoisotopic (exact) mass is 290 g/mol. The Kier molecular flexibility index (Phi) is 3.75. The summed E-state index contributed by atoms with van der Waals surface area (Å²) in [6, 6.07) is 4.04. The topological polar surface area (TPSA) is 42.0 Å². The van der Waals surface area contributed by atoms with E-state index < -0.39 is 0 Å². The minimum absolute atomic E-state index is 0.0939. The van der Waals surface area contributed by atoms with Crippen molar-refractivity contribution in [1.29, 1.82) is 0 Å². The predicted octanol–water partition coefficient (Wildman–Crippen LogP) is 4.17. The summed E-state index contributed by atoms with van der Waals surface area (Å²) in [4.78, 5) is 17.7. The highest BCUT2D eigenvalue weighted by molar-refractivity contribution is 7.16. The number of rotatable bonds is 3. The van der Waals surface area contributed by atoms with Gasteiger partial charge in [0.05, 0.1) is 10.6 Å². The van der Waals surface area contributed by atoms with E-state index in [1.54, 1.807) is 11.3 Å². The summed E-state index contributed by atoms with van der Waals surface area (Å²) < 4.78 is 0. The number of nitrogens with one attached hydrogen (secondary N) is 1. The van der Waals surface area contributed by atoms with Crippen molar-refractivity contribution in [3.05, 3.63) is 35.0 Å². The third kappa shape index (κ3) is 2.93. The number of carbonyl (C=O) groups is 1. The van der Waals surface area contributed by atoms with Crippen molar-refractivity contribution in [1.82, 2.24) is 4.98 Å². The molecule has 1 N–H and O–H groups in total. The molecule has 1 aliphatic rings. The zero-order valence-electron chi connectivity index (χ0n) is 10.3. The molecule has 1 unspecified atom stereocenters. The Labute approximate surface area is 120 Å². The Bertz CT molecular complexity index is 586. The molecule has 2 aromatic heterocycles. The van der Waals surface area contributed by atoms with Crippen molar-refractivity contribution >= 4 is 33.7 Å². The molecule has 19 heavy (non-hydrogen) atoms. The van der Waals surface area contributed by atoms with Gasteiger partial charge in [-0.15, -0.1) is 22.7 Å². The number of amides is 1. The zero-order valence-corrected chi connectivity index (χ0v) is 12.0. The molecule has 98 valence electrons. The molecule has 2 aromatic rings. The molecule has 5 heteroatoms. The van der Waals surface area contributed by atoms with Crippen molar-refractivity contribution in [2.24, 2.45) is 5.92 Å². The normalized spacial score (nSPS) is 18.4. The van der Waals surface area contributed by atoms with Crippen LogP contribution in [-0.2, 0) is 4.79 Å². The van der Waals surface area contributed by atoms with Crippen LogP contribution in [0.4, 0.5) is 5.13 Å². The molecular weight excluding hydrogens is 276 g/mol. The van der Waals surface area contributed by atoms with Gasteiger partial charge in [-0.25, -0.2) is 4.98 Å². The second-order valence-electron chi connectivity index (χ2n) is 4.49. The van der Waals surface area contributed by atoms with E-state index in [0.717, 1.165) is 29.8 Å². The first kappa shape index (κ1) is 12.6. The molecule has 0 saturated carbocycles. The molecule has 0 saturated heterocycles. The fourth-order valence-corrected chi connectivity index (χ4v) is 3.58. The van der Waals surface area contributed by atoms with Gasteiger partial charge in [-0.1, -0.05) is 18.2 Å². The van der Waals surface area contributed by atoms with Crippen LogP contribution in [-0.4, -0.2) is 10.9 Å². The van der Waals surface area contributed by atoms with Crippen LogP contribution in [0.1, 0.15) is 19.3 Å². The van der Waals surface area contributed by atoms with E-state index in [1.807, 2.05) is 22.9 Å². The van der Waals surface area contributed by atoms with Gasteiger partial charge in [0.1, 0.15) is 0 Å². The van der Waals surface area contributed by atoms with Gasteiger partial charge in [0.15, 0.2) is 5.13 Å². The minimum atomic E-state index is 0.0939. The minimum Gasteiger partial charge on any atom is -0.302 e. The van der Waals surface area contributed by atoms with Crippen LogP contribution in [0.5, 0.6) is 0 Å². The molecule has 1 amide bonds. The molecule has 0 fully saturated rings. The third-order valence-electron chi connectivity index (χ3n) is 3.15. The number of nitrogens with zero attached hydrogens (tertiary/aromatic N) is 1. The number of carbonyl (C=O) groups excluding carboxylic acids is 1. The Morgan fingerprint density at radius 2 is 2.32 bits per heavy atom. The maximum absolute atomic E-state index is 12.1. The summed E-state index contributed by atoms with van der Waals surface area (Å²) in [5.41, 5.74) is 0.943. The van der Waals surface area contributed by atoms with Gasteiger partial charge in [0.25, 0.3) is 0 Å². The Balaban J connectivity index is 1.67.